The van der Waals surface area contributed by atoms with Crippen LogP contribution in [-0.2, 0) is 6.54 Å². The lowest BCUT2D eigenvalue weighted by Crippen LogP contribution is -2.22. The van der Waals surface area contributed by atoms with Gasteiger partial charge in [-0.3, -0.25) is 18.9 Å². The molecule has 1 aliphatic rings. The lowest BCUT2D eigenvalue weighted by molar-refractivity contribution is 0.592. The Balaban J connectivity index is 1.45. The molecule has 0 aliphatic carbocycles. The number of hydrogen-bond donors (Lipinski definition) is 0. The van der Waals surface area contributed by atoms with Crippen LogP contribution in [0.2, 0.25) is 0 Å². The van der Waals surface area contributed by atoms with Crippen molar-refractivity contribution in [3.63, 3.8) is 0 Å². The van der Waals surface area contributed by atoms with Gasteiger partial charge in [0, 0.05) is 36.0 Å². The molecule has 0 radical (unpaired) electrons. The molecule has 0 aromatic carbocycles. The molecule has 10 heteroatoms. The fourth-order valence-electron chi connectivity index (χ4n) is 3.25. The Kier molecular flexibility index (Phi) is 4.69. The van der Waals surface area contributed by atoms with Crippen LogP contribution in [0.15, 0.2) is 51.1 Å². The van der Waals surface area contributed by atoms with Gasteiger partial charge in [0.1, 0.15) is 4.70 Å². The molecule has 0 bridgehead atoms. The molecule has 0 saturated carbocycles. The maximum absolute atomic E-state index is 12.7. The van der Waals surface area contributed by atoms with E-state index in [1.54, 1.807) is 34.3 Å². The summed E-state index contributed by atoms with van der Waals surface area (Å²) in [4.78, 5) is 21.6. The van der Waals surface area contributed by atoms with E-state index in [1.165, 1.54) is 11.3 Å². The summed E-state index contributed by atoms with van der Waals surface area (Å²) in [6.07, 6.45) is 3.56. The summed E-state index contributed by atoms with van der Waals surface area (Å²) in [7, 11) is 0. The van der Waals surface area contributed by atoms with Crippen molar-refractivity contribution >= 4 is 45.1 Å². The van der Waals surface area contributed by atoms with Gasteiger partial charge < -0.3 is 0 Å². The van der Waals surface area contributed by atoms with Gasteiger partial charge >= 0.3 is 0 Å². The van der Waals surface area contributed by atoms with Crippen molar-refractivity contribution in [2.24, 2.45) is 0 Å². The second kappa shape index (κ2) is 7.34. The average Bonchev–Trinajstić information content (AvgIpc) is 3.44. The summed E-state index contributed by atoms with van der Waals surface area (Å²) in [6.45, 7) is 2.59. The standard InChI is InChI=1S/C18H16N6OS3/c1-2-23-16(25)14-13(5-7-26-14)20-17(23)27-9-12-10-28-18-22-21-15(24(12)18)11-4-3-6-19-8-11/h3-8,12H,2,9-10H2,1H3. The second-order valence-electron chi connectivity index (χ2n) is 6.27. The molecule has 5 heterocycles. The lowest BCUT2D eigenvalue weighted by Gasteiger charge is -2.15. The lowest BCUT2D eigenvalue weighted by atomic mass is 10.2. The van der Waals surface area contributed by atoms with Gasteiger partial charge in [-0.05, 0) is 30.5 Å². The monoisotopic (exact) mass is 428 g/mol. The predicted molar refractivity (Wildman–Crippen MR) is 113 cm³/mol. The maximum atomic E-state index is 12.7. The van der Waals surface area contributed by atoms with Gasteiger partial charge in [-0.1, -0.05) is 23.5 Å². The van der Waals surface area contributed by atoms with Gasteiger partial charge in [-0.15, -0.1) is 21.5 Å². The summed E-state index contributed by atoms with van der Waals surface area (Å²) >= 11 is 4.79. The molecule has 0 fully saturated rings. The van der Waals surface area contributed by atoms with Crippen LogP contribution in [0.5, 0.6) is 0 Å². The number of thiophene rings is 1. The first-order chi connectivity index (χ1) is 13.8. The third-order valence-corrected chi connectivity index (χ3v) is 7.71. The van der Waals surface area contributed by atoms with Crippen molar-refractivity contribution in [3.8, 4) is 11.4 Å². The fraction of sp³-hybridized carbons (Fsp3) is 0.278. The highest BCUT2D eigenvalue weighted by molar-refractivity contribution is 8.00. The van der Waals surface area contributed by atoms with Crippen molar-refractivity contribution < 1.29 is 0 Å². The molecule has 4 aromatic heterocycles. The van der Waals surface area contributed by atoms with E-state index in [0.29, 0.717) is 6.54 Å². The Morgan fingerprint density at radius 2 is 2.25 bits per heavy atom. The Morgan fingerprint density at radius 1 is 1.32 bits per heavy atom. The third kappa shape index (κ3) is 2.96. The highest BCUT2D eigenvalue weighted by Crippen LogP contribution is 2.38. The Hall–Kier alpha value is -2.17. The van der Waals surface area contributed by atoms with Gasteiger partial charge in [-0.25, -0.2) is 4.98 Å². The van der Waals surface area contributed by atoms with Gasteiger partial charge in [0.05, 0.1) is 11.6 Å². The highest BCUT2D eigenvalue weighted by atomic mass is 32.2. The fourth-order valence-corrected chi connectivity index (χ4v) is 6.40. The second-order valence-corrected chi connectivity index (χ2v) is 9.16. The zero-order valence-corrected chi connectivity index (χ0v) is 17.4. The number of thioether (sulfide) groups is 2. The van der Waals surface area contributed by atoms with Crippen molar-refractivity contribution in [2.75, 3.05) is 11.5 Å². The maximum Gasteiger partial charge on any atom is 0.272 e. The molecule has 0 amide bonds. The van der Waals surface area contributed by atoms with E-state index in [9.17, 15) is 4.79 Å². The van der Waals surface area contributed by atoms with Gasteiger partial charge in [0.2, 0.25) is 0 Å². The summed E-state index contributed by atoms with van der Waals surface area (Å²) < 4.78 is 4.68. The summed E-state index contributed by atoms with van der Waals surface area (Å²) in [5, 5.41) is 12.3. The van der Waals surface area contributed by atoms with Gasteiger partial charge in [0.15, 0.2) is 16.1 Å². The first-order valence-electron chi connectivity index (χ1n) is 8.85. The van der Waals surface area contributed by atoms with Gasteiger partial charge in [-0.2, -0.15) is 0 Å². The molecular weight excluding hydrogens is 412 g/mol. The van der Waals surface area contributed by atoms with Crippen molar-refractivity contribution in [1.29, 1.82) is 0 Å². The number of fused-ring (bicyclic) bond motifs is 2. The van der Waals surface area contributed by atoms with E-state index in [-0.39, 0.29) is 11.6 Å². The molecule has 0 N–H and O–H groups in total. The average molecular weight is 429 g/mol. The summed E-state index contributed by atoms with van der Waals surface area (Å²) in [6, 6.07) is 6.05. The minimum Gasteiger partial charge on any atom is -0.297 e. The number of pyridine rings is 1. The normalized spacial score (nSPS) is 16.0. The summed E-state index contributed by atoms with van der Waals surface area (Å²) in [5.74, 6) is 2.57. The van der Waals surface area contributed by atoms with Crippen LogP contribution in [0.3, 0.4) is 0 Å². The number of hydrogen-bond acceptors (Lipinski definition) is 8. The zero-order chi connectivity index (χ0) is 19.1. The molecule has 1 unspecified atom stereocenters. The predicted octanol–water partition coefficient (Wildman–Crippen LogP) is 3.57. The summed E-state index contributed by atoms with van der Waals surface area (Å²) in [5.41, 5.74) is 1.79. The minimum absolute atomic E-state index is 0.0480. The molecular formula is C18H16N6OS3. The quantitative estimate of drug-likeness (QED) is 0.355. The van der Waals surface area contributed by atoms with Crippen molar-refractivity contribution in [3.05, 3.63) is 46.3 Å². The SMILES string of the molecule is CCn1c(SCC2CSc3nnc(-c4cccnc4)n32)nc2ccsc2c1=O. The molecule has 5 rings (SSSR count). The van der Waals surface area contributed by atoms with E-state index in [0.717, 1.165) is 43.4 Å². The smallest absolute Gasteiger partial charge is 0.272 e. The largest absolute Gasteiger partial charge is 0.297 e. The van der Waals surface area contributed by atoms with E-state index >= 15 is 0 Å². The topological polar surface area (TPSA) is 78.5 Å². The molecule has 4 aromatic rings. The first kappa shape index (κ1) is 17.9. The molecule has 1 aliphatic heterocycles. The first-order valence-corrected chi connectivity index (χ1v) is 11.7. The highest BCUT2D eigenvalue weighted by Gasteiger charge is 2.29. The van der Waals surface area contributed by atoms with E-state index < -0.39 is 0 Å². The van der Waals surface area contributed by atoms with E-state index in [2.05, 4.69) is 19.7 Å². The van der Waals surface area contributed by atoms with Crippen molar-refractivity contribution in [2.45, 2.75) is 29.8 Å². The third-order valence-electron chi connectivity index (χ3n) is 4.61. The van der Waals surface area contributed by atoms with Crippen LogP contribution in [-0.4, -0.2) is 40.8 Å². The van der Waals surface area contributed by atoms with Gasteiger partial charge in [0.25, 0.3) is 5.56 Å². The molecule has 142 valence electrons. The van der Waals surface area contributed by atoms with Crippen LogP contribution in [0.25, 0.3) is 21.6 Å². The number of nitrogens with zero attached hydrogens (tertiary/aromatic N) is 6. The molecule has 0 spiro atoms. The van der Waals surface area contributed by atoms with Crippen LogP contribution in [0.1, 0.15) is 13.0 Å². The number of aromatic nitrogens is 6. The van der Waals surface area contributed by atoms with Crippen LogP contribution in [0, 0.1) is 0 Å². The van der Waals surface area contributed by atoms with Crippen LogP contribution in [0.4, 0.5) is 0 Å². The Bertz CT molecular complexity index is 1200. The minimum atomic E-state index is 0.0480. The Morgan fingerprint density at radius 3 is 3.07 bits per heavy atom. The van der Waals surface area contributed by atoms with Crippen molar-refractivity contribution in [1.82, 2.24) is 29.3 Å². The Labute approximate surface area is 173 Å². The molecule has 1 atom stereocenters. The zero-order valence-electron chi connectivity index (χ0n) is 15.0. The molecule has 28 heavy (non-hydrogen) atoms. The van der Waals surface area contributed by atoms with Crippen LogP contribution >= 0.6 is 34.9 Å². The van der Waals surface area contributed by atoms with E-state index in [1.807, 2.05) is 36.7 Å². The van der Waals surface area contributed by atoms with E-state index in [4.69, 9.17) is 4.98 Å². The van der Waals surface area contributed by atoms with Crippen LogP contribution < -0.4 is 5.56 Å². The molecule has 7 nitrogen and oxygen atoms in total. The molecule has 0 saturated heterocycles. The number of rotatable bonds is 5.